The van der Waals surface area contributed by atoms with Gasteiger partial charge >= 0.3 is 6.09 Å². The first-order valence-electron chi connectivity index (χ1n) is 4.48. The number of alkyl halides is 1. The predicted molar refractivity (Wildman–Crippen MR) is 59.1 cm³/mol. The molecule has 1 aliphatic rings. The number of hydrogen-bond donors (Lipinski definition) is 0. The minimum Gasteiger partial charge on any atom is -0.450 e. The largest absolute Gasteiger partial charge is 0.450 e. The lowest BCUT2D eigenvalue weighted by Crippen LogP contribution is -2.48. The summed E-state index contributed by atoms with van der Waals surface area (Å²) in [6.07, 6.45) is -0.171. The molecule has 4 nitrogen and oxygen atoms in total. The van der Waals surface area contributed by atoms with Crippen molar-refractivity contribution < 1.29 is 9.53 Å². The van der Waals surface area contributed by atoms with Crippen molar-refractivity contribution in [2.24, 2.45) is 0 Å². The summed E-state index contributed by atoms with van der Waals surface area (Å²) in [5.41, 5.74) is 0. The Labute approximate surface area is 92.3 Å². The van der Waals surface area contributed by atoms with Gasteiger partial charge in [-0.3, -0.25) is 4.90 Å². The highest BCUT2D eigenvalue weighted by Gasteiger charge is 2.20. The molecule has 0 saturated carbocycles. The van der Waals surface area contributed by atoms with Gasteiger partial charge in [0.05, 0.1) is 11.2 Å². The van der Waals surface area contributed by atoms with Gasteiger partial charge in [-0.15, -0.1) is 0 Å². The van der Waals surface area contributed by atoms with Crippen LogP contribution >= 0.6 is 22.6 Å². The molecule has 0 bridgehead atoms. The number of rotatable bonds is 2. The molecule has 1 heterocycles. The third-order valence-corrected chi connectivity index (χ3v) is 3.03. The van der Waals surface area contributed by atoms with Crippen LogP contribution in [0.25, 0.3) is 0 Å². The molecule has 0 aliphatic carbocycles. The summed E-state index contributed by atoms with van der Waals surface area (Å²) in [5.74, 6) is 0. The van der Waals surface area contributed by atoms with Crippen molar-refractivity contribution in [1.29, 1.82) is 0 Å². The molecule has 0 spiro atoms. The van der Waals surface area contributed by atoms with E-state index in [1.54, 1.807) is 4.90 Å². The van der Waals surface area contributed by atoms with Crippen molar-refractivity contribution >= 4 is 28.7 Å². The Morgan fingerprint density at radius 2 is 2.00 bits per heavy atom. The van der Waals surface area contributed by atoms with Crippen LogP contribution < -0.4 is 0 Å². The molecular weight excluding hydrogens is 283 g/mol. The van der Waals surface area contributed by atoms with Crippen LogP contribution in [-0.4, -0.2) is 53.2 Å². The number of ether oxygens (including phenoxy) is 1. The summed E-state index contributed by atoms with van der Waals surface area (Å²) in [6, 6.07) is 0. The first kappa shape index (κ1) is 11.0. The van der Waals surface area contributed by atoms with E-state index >= 15 is 0 Å². The second kappa shape index (κ2) is 5.64. The third-order valence-electron chi connectivity index (χ3n) is 2.07. The van der Waals surface area contributed by atoms with Gasteiger partial charge in [0.15, 0.2) is 0 Å². The molecule has 0 aromatic carbocycles. The van der Waals surface area contributed by atoms with Gasteiger partial charge in [0.2, 0.25) is 0 Å². The number of amides is 1. The Kier molecular flexibility index (Phi) is 4.79. The van der Waals surface area contributed by atoms with E-state index in [9.17, 15) is 4.79 Å². The standard InChI is InChI=1S/C8H15IN2O2/c1-2-13-8(12)11-5-3-10(7-9)4-6-11/h2-7H2,1H3. The zero-order valence-corrected chi connectivity index (χ0v) is 9.99. The molecule has 76 valence electrons. The number of piperazine rings is 1. The highest BCUT2D eigenvalue weighted by atomic mass is 127. The molecule has 0 atom stereocenters. The Hall–Kier alpha value is -0.0400. The van der Waals surface area contributed by atoms with Crippen molar-refractivity contribution in [2.75, 3.05) is 37.3 Å². The number of carbonyl (C=O) groups excluding carboxylic acids is 1. The lowest BCUT2D eigenvalue weighted by Gasteiger charge is -2.32. The normalized spacial score (nSPS) is 18.8. The molecule has 1 rings (SSSR count). The van der Waals surface area contributed by atoms with E-state index < -0.39 is 0 Å². The zero-order valence-electron chi connectivity index (χ0n) is 7.83. The summed E-state index contributed by atoms with van der Waals surface area (Å²) >= 11 is 2.34. The average molecular weight is 298 g/mol. The van der Waals surface area contributed by atoms with Crippen LogP contribution in [-0.2, 0) is 4.74 Å². The number of carbonyl (C=O) groups is 1. The monoisotopic (exact) mass is 298 g/mol. The molecule has 1 saturated heterocycles. The first-order valence-corrected chi connectivity index (χ1v) is 6.00. The SMILES string of the molecule is CCOC(=O)N1CCN(CI)CC1. The minimum absolute atomic E-state index is 0.171. The summed E-state index contributed by atoms with van der Waals surface area (Å²) < 4.78 is 5.95. The number of halogens is 1. The fraction of sp³-hybridized carbons (Fsp3) is 0.875. The second-order valence-electron chi connectivity index (χ2n) is 2.92. The van der Waals surface area contributed by atoms with Gasteiger partial charge in [0, 0.05) is 26.2 Å². The van der Waals surface area contributed by atoms with Gasteiger partial charge in [0.1, 0.15) is 0 Å². The van der Waals surface area contributed by atoms with E-state index in [1.165, 1.54) is 0 Å². The van der Waals surface area contributed by atoms with Crippen molar-refractivity contribution in [2.45, 2.75) is 6.92 Å². The fourth-order valence-corrected chi connectivity index (χ4v) is 1.95. The van der Waals surface area contributed by atoms with Gasteiger partial charge in [-0.05, 0) is 6.92 Å². The van der Waals surface area contributed by atoms with Crippen molar-refractivity contribution in [1.82, 2.24) is 9.80 Å². The number of nitrogens with zero attached hydrogens (tertiary/aromatic N) is 2. The van der Waals surface area contributed by atoms with Crippen LogP contribution in [0.15, 0.2) is 0 Å². The van der Waals surface area contributed by atoms with Gasteiger partial charge in [-0.25, -0.2) is 4.79 Å². The van der Waals surface area contributed by atoms with Crippen LogP contribution in [0.4, 0.5) is 4.79 Å². The van der Waals surface area contributed by atoms with E-state index in [2.05, 4.69) is 27.5 Å². The van der Waals surface area contributed by atoms with Crippen LogP contribution in [0.5, 0.6) is 0 Å². The maximum absolute atomic E-state index is 11.3. The van der Waals surface area contributed by atoms with Gasteiger partial charge in [-0.2, -0.15) is 0 Å². The molecule has 1 amide bonds. The smallest absolute Gasteiger partial charge is 0.409 e. The van der Waals surface area contributed by atoms with E-state index in [1.807, 2.05) is 6.92 Å². The van der Waals surface area contributed by atoms with Crippen molar-refractivity contribution in [3.63, 3.8) is 0 Å². The van der Waals surface area contributed by atoms with E-state index in [-0.39, 0.29) is 6.09 Å². The fourth-order valence-electron chi connectivity index (χ4n) is 1.26. The van der Waals surface area contributed by atoms with E-state index in [0.29, 0.717) is 6.61 Å². The van der Waals surface area contributed by atoms with Gasteiger partial charge in [-0.1, -0.05) is 22.6 Å². The first-order chi connectivity index (χ1) is 6.27. The molecule has 5 heteroatoms. The summed E-state index contributed by atoms with van der Waals surface area (Å²) in [7, 11) is 0. The molecule has 0 aromatic rings. The van der Waals surface area contributed by atoms with Crippen LogP contribution in [0, 0.1) is 0 Å². The Balaban J connectivity index is 2.28. The summed E-state index contributed by atoms with van der Waals surface area (Å²) in [4.78, 5) is 15.4. The Bertz CT molecular complexity index is 170. The van der Waals surface area contributed by atoms with E-state index in [4.69, 9.17) is 4.74 Å². The van der Waals surface area contributed by atoms with Gasteiger partial charge < -0.3 is 9.64 Å². The molecule has 1 aliphatic heterocycles. The maximum Gasteiger partial charge on any atom is 0.409 e. The molecule has 0 unspecified atom stereocenters. The lowest BCUT2D eigenvalue weighted by molar-refractivity contribution is 0.0850. The summed E-state index contributed by atoms with van der Waals surface area (Å²) in [5, 5.41) is 0. The Morgan fingerprint density at radius 3 is 2.46 bits per heavy atom. The topological polar surface area (TPSA) is 32.8 Å². The van der Waals surface area contributed by atoms with Crippen LogP contribution in [0.2, 0.25) is 0 Å². The lowest BCUT2D eigenvalue weighted by atomic mass is 10.3. The molecule has 1 fully saturated rings. The molecule has 13 heavy (non-hydrogen) atoms. The quantitative estimate of drug-likeness (QED) is 0.435. The highest BCUT2D eigenvalue weighted by Crippen LogP contribution is 2.04. The average Bonchev–Trinajstić information content (AvgIpc) is 2.18. The maximum atomic E-state index is 11.3. The molecule has 0 aromatic heterocycles. The number of hydrogen-bond acceptors (Lipinski definition) is 3. The van der Waals surface area contributed by atoms with Crippen molar-refractivity contribution in [3.8, 4) is 0 Å². The third kappa shape index (κ3) is 3.30. The Morgan fingerprint density at radius 1 is 1.38 bits per heavy atom. The van der Waals surface area contributed by atoms with Gasteiger partial charge in [0.25, 0.3) is 0 Å². The molecule has 0 radical (unpaired) electrons. The predicted octanol–water partition coefficient (Wildman–Crippen LogP) is 1.15. The van der Waals surface area contributed by atoms with Crippen LogP contribution in [0.1, 0.15) is 6.92 Å². The second-order valence-corrected chi connectivity index (χ2v) is 3.61. The van der Waals surface area contributed by atoms with Crippen molar-refractivity contribution in [3.05, 3.63) is 0 Å². The highest BCUT2D eigenvalue weighted by molar-refractivity contribution is 14.1. The molecular formula is C8H15IN2O2. The summed E-state index contributed by atoms with van der Waals surface area (Å²) in [6.45, 7) is 5.80. The zero-order chi connectivity index (χ0) is 9.68. The van der Waals surface area contributed by atoms with Crippen LogP contribution in [0.3, 0.4) is 0 Å². The molecule has 0 N–H and O–H groups in total. The van der Waals surface area contributed by atoms with E-state index in [0.717, 1.165) is 30.7 Å². The minimum atomic E-state index is -0.171.